The van der Waals surface area contributed by atoms with Gasteiger partial charge in [-0.1, -0.05) is 13.8 Å². The van der Waals surface area contributed by atoms with Crippen LogP contribution in [0, 0.1) is 5.92 Å². The van der Waals surface area contributed by atoms with Crippen LogP contribution in [0.15, 0.2) is 12.1 Å². The molecular formula is C16H26N2S. The van der Waals surface area contributed by atoms with E-state index in [9.17, 15) is 0 Å². The van der Waals surface area contributed by atoms with Crippen molar-refractivity contribution in [3.05, 3.63) is 21.9 Å². The van der Waals surface area contributed by atoms with Crippen molar-refractivity contribution in [1.82, 2.24) is 10.2 Å². The molecular weight excluding hydrogens is 252 g/mol. The number of nitrogens with one attached hydrogen (secondary N) is 1. The summed E-state index contributed by atoms with van der Waals surface area (Å²) >= 11 is 1.99. The van der Waals surface area contributed by atoms with Crippen molar-refractivity contribution < 1.29 is 0 Å². The Morgan fingerprint density at radius 3 is 2.58 bits per heavy atom. The van der Waals surface area contributed by atoms with Gasteiger partial charge in [-0.2, -0.15) is 0 Å². The van der Waals surface area contributed by atoms with E-state index in [2.05, 4.69) is 36.2 Å². The summed E-state index contributed by atoms with van der Waals surface area (Å²) in [6.07, 6.45) is 5.80. The Labute approximate surface area is 121 Å². The molecule has 0 atom stereocenters. The van der Waals surface area contributed by atoms with Crippen LogP contribution in [0.3, 0.4) is 0 Å². The molecule has 2 aliphatic carbocycles. The molecule has 2 fully saturated rings. The molecule has 3 heteroatoms. The highest BCUT2D eigenvalue weighted by Gasteiger charge is 2.33. The minimum atomic E-state index is 0.573. The standard InChI is InChI=1S/C16H26N2S/c1-12(2)17-9-15-7-8-16(19-15)11-18(14-5-6-14)10-13-3-4-13/h7-8,12-14,17H,3-6,9-11H2,1-2H3. The SMILES string of the molecule is CC(C)NCc1ccc(CN(CC2CC2)C2CC2)s1. The Morgan fingerprint density at radius 2 is 1.95 bits per heavy atom. The van der Waals surface area contributed by atoms with Gasteiger partial charge < -0.3 is 5.32 Å². The van der Waals surface area contributed by atoms with E-state index in [1.165, 1.54) is 43.6 Å². The molecule has 2 aliphatic rings. The van der Waals surface area contributed by atoms with Crippen LogP contribution >= 0.6 is 11.3 Å². The summed E-state index contributed by atoms with van der Waals surface area (Å²) in [6.45, 7) is 7.97. The Balaban J connectivity index is 1.52. The molecule has 0 saturated heterocycles. The maximum Gasteiger partial charge on any atom is 0.0331 e. The fourth-order valence-electron chi connectivity index (χ4n) is 2.52. The van der Waals surface area contributed by atoms with Crippen molar-refractivity contribution in [3.63, 3.8) is 0 Å². The largest absolute Gasteiger partial charge is 0.310 e. The maximum absolute atomic E-state index is 3.50. The van der Waals surface area contributed by atoms with Crippen molar-refractivity contribution in [2.24, 2.45) is 5.92 Å². The van der Waals surface area contributed by atoms with Crippen LogP contribution in [0.25, 0.3) is 0 Å². The number of rotatable bonds is 8. The second-order valence-corrected chi connectivity index (χ2v) is 7.76. The van der Waals surface area contributed by atoms with E-state index in [1.54, 1.807) is 4.88 Å². The lowest BCUT2D eigenvalue weighted by Crippen LogP contribution is -2.27. The van der Waals surface area contributed by atoms with Crippen LogP contribution in [-0.4, -0.2) is 23.5 Å². The third kappa shape index (κ3) is 4.30. The van der Waals surface area contributed by atoms with Crippen molar-refractivity contribution in [2.75, 3.05) is 6.54 Å². The van der Waals surface area contributed by atoms with E-state index in [-0.39, 0.29) is 0 Å². The van der Waals surface area contributed by atoms with E-state index in [1.807, 2.05) is 11.3 Å². The number of hydrogen-bond donors (Lipinski definition) is 1. The molecule has 0 radical (unpaired) electrons. The van der Waals surface area contributed by atoms with Gasteiger partial charge in [-0.15, -0.1) is 11.3 Å². The van der Waals surface area contributed by atoms with Gasteiger partial charge in [0.15, 0.2) is 0 Å². The molecule has 0 aliphatic heterocycles. The quantitative estimate of drug-likeness (QED) is 0.781. The van der Waals surface area contributed by atoms with Gasteiger partial charge in [0.25, 0.3) is 0 Å². The highest BCUT2D eigenvalue weighted by atomic mass is 32.1. The summed E-state index contributed by atoms with van der Waals surface area (Å²) in [6, 6.07) is 6.12. The smallest absolute Gasteiger partial charge is 0.0331 e. The zero-order valence-corrected chi connectivity index (χ0v) is 13.0. The zero-order chi connectivity index (χ0) is 13.2. The predicted octanol–water partition coefficient (Wildman–Crippen LogP) is 3.62. The zero-order valence-electron chi connectivity index (χ0n) is 12.2. The summed E-state index contributed by atoms with van der Waals surface area (Å²) in [5.74, 6) is 1.02. The summed E-state index contributed by atoms with van der Waals surface area (Å²) in [5.41, 5.74) is 0. The van der Waals surface area contributed by atoms with Crippen LogP contribution in [0.1, 0.15) is 49.3 Å². The van der Waals surface area contributed by atoms with Crippen LogP contribution in [0.4, 0.5) is 0 Å². The molecule has 1 heterocycles. The first-order valence-corrected chi connectivity index (χ1v) is 8.57. The van der Waals surface area contributed by atoms with E-state index >= 15 is 0 Å². The van der Waals surface area contributed by atoms with Crippen LogP contribution in [-0.2, 0) is 13.1 Å². The molecule has 1 N–H and O–H groups in total. The van der Waals surface area contributed by atoms with E-state index < -0.39 is 0 Å². The summed E-state index contributed by atoms with van der Waals surface area (Å²) in [5, 5.41) is 3.50. The van der Waals surface area contributed by atoms with Crippen LogP contribution in [0.5, 0.6) is 0 Å². The molecule has 0 unspecified atom stereocenters. The second-order valence-electron chi connectivity index (χ2n) is 6.51. The highest BCUT2D eigenvalue weighted by molar-refractivity contribution is 7.11. The fourth-order valence-corrected chi connectivity index (χ4v) is 3.52. The molecule has 0 bridgehead atoms. The van der Waals surface area contributed by atoms with E-state index in [0.29, 0.717) is 6.04 Å². The predicted molar refractivity (Wildman–Crippen MR) is 82.5 cm³/mol. The van der Waals surface area contributed by atoms with Gasteiger partial charge in [-0.3, -0.25) is 4.90 Å². The van der Waals surface area contributed by atoms with Gasteiger partial charge >= 0.3 is 0 Å². The lowest BCUT2D eigenvalue weighted by Gasteiger charge is -2.20. The third-order valence-corrected chi connectivity index (χ3v) is 5.08. The first-order valence-electron chi connectivity index (χ1n) is 7.75. The Hall–Kier alpha value is -0.380. The van der Waals surface area contributed by atoms with Crippen molar-refractivity contribution in [2.45, 2.75) is 64.7 Å². The van der Waals surface area contributed by atoms with E-state index in [4.69, 9.17) is 0 Å². The number of hydrogen-bond acceptors (Lipinski definition) is 3. The molecule has 106 valence electrons. The maximum atomic E-state index is 3.50. The topological polar surface area (TPSA) is 15.3 Å². The summed E-state index contributed by atoms with van der Waals surface area (Å²) in [7, 11) is 0. The normalized spacial score (nSPS) is 19.6. The fraction of sp³-hybridized carbons (Fsp3) is 0.750. The Bertz CT molecular complexity index is 405. The van der Waals surface area contributed by atoms with Crippen LogP contribution in [0.2, 0.25) is 0 Å². The number of nitrogens with zero attached hydrogens (tertiary/aromatic N) is 1. The molecule has 2 nitrogen and oxygen atoms in total. The molecule has 0 spiro atoms. The van der Waals surface area contributed by atoms with Crippen LogP contribution < -0.4 is 5.32 Å². The van der Waals surface area contributed by atoms with Gasteiger partial charge in [-0.05, 0) is 43.7 Å². The molecule has 3 rings (SSSR count). The molecule has 1 aromatic heterocycles. The minimum Gasteiger partial charge on any atom is -0.310 e. The lowest BCUT2D eigenvalue weighted by atomic mass is 10.3. The van der Waals surface area contributed by atoms with Gasteiger partial charge in [0.2, 0.25) is 0 Å². The van der Waals surface area contributed by atoms with Gasteiger partial charge in [0.05, 0.1) is 0 Å². The monoisotopic (exact) mass is 278 g/mol. The summed E-state index contributed by atoms with van der Waals surface area (Å²) < 4.78 is 0. The van der Waals surface area contributed by atoms with Crippen molar-refractivity contribution in [1.29, 1.82) is 0 Å². The molecule has 2 saturated carbocycles. The highest BCUT2D eigenvalue weighted by Crippen LogP contribution is 2.36. The average molecular weight is 278 g/mol. The molecule has 1 aromatic rings. The molecule has 0 amide bonds. The molecule has 0 aromatic carbocycles. The van der Waals surface area contributed by atoms with Gasteiger partial charge in [0, 0.05) is 41.5 Å². The minimum absolute atomic E-state index is 0.573. The number of thiophene rings is 1. The second kappa shape index (κ2) is 5.94. The van der Waals surface area contributed by atoms with Gasteiger partial charge in [0.1, 0.15) is 0 Å². The molecule has 19 heavy (non-hydrogen) atoms. The van der Waals surface area contributed by atoms with Crippen molar-refractivity contribution >= 4 is 11.3 Å². The Kier molecular flexibility index (Phi) is 4.25. The summed E-state index contributed by atoms with van der Waals surface area (Å²) in [4.78, 5) is 5.77. The first-order chi connectivity index (χ1) is 9.20. The lowest BCUT2D eigenvalue weighted by molar-refractivity contribution is 0.246. The third-order valence-electron chi connectivity index (χ3n) is 4.01. The average Bonchev–Trinajstić information content (AvgIpc) is 3.26. The van der Waals surface area contributed by atoms with Gasteiger partial charge in [-0.25, -0.2) is 0 Å². The van der Waals surface area contributed by atoms with Crippen molar-refractivity contribution in [3.8, 4) is 0 Å². The van der Waals surface area contributed by atoms with E-state index in [0.717, 1.165) is 18.5 Å². The first kappa shape index (κ1) is 13.6. The Morgan fingerprint density at radius 1 is 1.21 bits per heavy atom.